The van der Waals surface area contributed by atoms with E-state index in [1.807, 2.05) is 6.07 Å². The average molecular weight is 251 g/mol. The van der Waals surface area contributed by atoms with Gasteiger partial charge in [-0.1, -0.05) is 6.07 Å². The van der Waals surface area contributed by atoms with Crippen molar-refractivity contribution >= 4 is 5.69 Å². The molecule has 1 fully saturated rings. The van der Waals surface area contributed by atoms with Gasteiger partial charge in [0.25, 0.3) is 0 Å². The lowest BCUT2D eigenvalue weighted by atomic mass is 10.0. The highest BCUT2D eigenvalue weighted by atomic mass is 19.1. The Kier molecular flexibility index (Phi) is 3.22. The summed E-state index contributed by atoms with van der Waals surface area (Å²) in [4.78, 5) is 0. The second-order valence-electron chi connectivity index (χ2n) is 4.94. The van der Waals surface area contributed by atoms with Crippen molar-refractivity contribution in [3.63, 3.8) is 0 Å². The number of fused-ring (bicyclic) bond motifs is 1. The molecule has 0 atom stereocenters. The molecule has 1 spiro atoms. The third-order valence-electron chi connectivity index (χ3n) is 3.71. The fourth-order valence-corrected chi connectivity index (χ4v) is 2.75. The van der Waals surface area contributed by atoms with Crippen LogP contribution in [-0.4, -0.2) is 25.5 Å². The van der Waals surface area contributed by atoms with E-state index in [2.05, 4.69) is 5.32 Å². The second-order valence-corrected chi connectivity index (χ2v) is 4.94. The topological polar surface area (TPSA) is 30.5 Å². The predicted molar refractivity (Wildman–Crippen MR) is 67.1 cm³/mol. The minimum Gasteiger partial charge on any atom is -0.385 e. The molecule has 0 aromatic heterocycles. The van der Waals surface area contributed by atoms with Gasteiger partial charge in [0.15, 0.2) is 5.79 Å². The lowest BCUT2D eigenvalue weighted by molar-refractivity contribution is -0.166. The van der Waals surface area contributed by atoms with Crippen LogP contribution in [0.1, 0.15) is 24.8 Å². The molecule has 0 amide bonds. The van der Waals surface area contributed by atoms with Gasteiger partial charge in [0.05, 0.1) is 13.2 Å². The molecule has 0 radical (unpaired) electrons. The van der Waals surface area contributed by atoms with Crippen LogP contribution in [0.4, 0.5) is 10.1 Å². The summed E-state index contributed by atoms with van der Waals surface area (Å²) in [5.74, 6) is -0.596. The lowest BCUT2D eigenvalue weighted by Crippen LogP contribution is -2.30. The van der Waals surface area contributed by atoms with E-state index in [1.165, 1.54) is 6.07 Å². The van der Waals surface area contributed by atoms with Gasteiger partial charge in [-0.05, 0) is 30.5 Å². The Bertz CT molecular complexity index is 430. The van der Waals surface area contributed by atoms with Gasteiger partial charge in [-0.3, -0.25) is 0 Å². The zero-order chi connectivity index (χ0) is 12.4. The summed E-state index contributed by atoms with van der Waals surface area (Å²) in [7, 11) is 0. The minimum absolute atomic E-state index is 0.191. The smallest absolute Gasteiger partial charge is 0.168 e. The Balaban J connectivity index is 1.83. The maximum atomic E-state index is 13.2. The summed E-state index contributed by atoms with van der Waals surface area (Å²) >= 11 is 0. The molecule has 4 heteroatoms. The Morgan fingerprint density at radius 2 is 2.00 bits per heavy atom. The number of halogens is 1. The molecule has 2 aliphatic rings. The zero-order valence-electron chi connectivity index (χ0n) is 10.4. The first kappa shape index (κ1) is 11.9. The van der Waals surface area contributed by atoms with Gasteiger partial charge in [0.2, 0.25) is 0 Å². The van der Waals surface area contributed by atoms with Crippen molar-refractivity contribution in [3.05, 3.63) is 29.6 Å². The summed E-state index contributed by atoms with van der Waals surface area (Å²) in [6.45, 7) is 2.19. The normalized spacial score (nSPS) is 22.7. The molecule has 98 valence electrons. The molecule has 18 heavy (non-hydrogen) atoms. The van der Waals surface area contributed by atoms with Crippen LogP contribution >= 0.6 is 0 Å². The molecular weight excluding hydrogens is 233 g/mol. The molecule has 0 aliphatic carbocycles. The average Bonchev–Trinajstić information content (AvgIpc) is 2.85. The zero-order valence-corrected chi connectivity index (χ0v) is 10.4. The van der Waals surface area contributed by atoms with E-state index in [0.717, 1.165) is 43.5 Å². The predicted octanol–water partition coefficient (Wildman–Crippen LogP) is 2.71. The molecule has 1 saturated heterocycles. The molecule has 0 unspecified atom stereocenters. The van der Waals surface area contributed by atoms with Crippen LogP contribution < -0.4 is 5.32 Å². The number of nitrogens with one attached hydrogen (secondary N) is 1. The largest absolute Gasteiger partial charge is 0.385 e. The molecule has 3 nitrogen and oxygen atoms in total. The van der Waals surface area contributed by atoms with Gasteiger partial charge in [-0.25, -0.2) is 4.39 Å². The summed E-state index contributed by atoms with van der Waals surface area (Å²) < 4.78 is 24.8. The highest BCUT2D eigenvalue weighted by Crippen LogP contribution is 2.33. The van der Waals surface area contributed by atoms with Crippen LogP contribution in [0.15, 0.2) is 18.2 Å². The van der Waals surface area contributed by atoms with Gasteiger partial charge in [0.1, 0.15) is 5.82 Å². The first-order valence-corrected chi connectivity index (χ1v) is 6.58. The van der Waals surface area contributed by atoms with Crippen molar-refractivity contribution in [1.29, 1.82) is 0 Å². The molecule has 3 rings (SSSR count). The van der Waals surface area contributed by atoms with Gasteiger partial charge in [0, 0.05) is 25.1 Å². The number of hydrogen-bond acceptors (Lipinski definition) is 3. The van der Waals surface area contributed by atoms with Gasteiger partial charge in [-0.15, -0.1) is 0 Å². The Morgan fingerprint density at radius 3 is 2.83 bits per heavy atom. The fourth-order valence-electron chi connectivity index (χ4n) is 2.75. The van der Waals surface area contributed by atoms with E-state index in [-0.39, 0.29) is 5.82 Å². The van der Waals surface area contributed by atoms with Crippen LogP contribution in [0.3, 0.4) is 0 Å². The van der Waals surface area contributed by atoms with E-state index < -0.39 is 5.79 Å². The van der Waals surface area contributed by atoms with E-state index in [0.29, 0.717) is 13.2 Å². The van der Waals surface area contributed by atoms with Crippen LogP contribution in [0.5, 0.6) is 0 Å². The maximum absolute atomic E-state index is 13.2. The second kappa shape index (κ2) is 4.86. The van der Waals surface area contributed by atoms with E-state index in [9.17, 15) is 4.39 Å². The van der Waals surface area contributed by atoms with E-state index in [1.54, 1.807) is 6.07 Å². The van der Waals surface area contributed by atoms with Crippen molar-refractivity contribution in [2.45, 2.75) is 31.5 Å². The number of ether oxygens (including phenoxy) is 2. The van der Waals surface area contributed by atoms with Crippen molar-refractivity contribution in [2.75, 3.05) is 25.1 Å². The highest BCUT2D eigenvalue weighted by Gasteiger charge is 2.36. The molecule has 1 aromatic rings. The third kappa shape index (κ3) is 2.35. The molecule has 1 N–H and O–H groups in total. The van der Waals surface area contributed by atoms with E-state index >= 15 is 0 Å². The molecule has 2 heterocycles. The first-order chi connectivity index (χ1) is 8.77. The van der Waals surface area contributed by atoms with Crippen LogP contribution in [0.2, 0.25) is 0 Å². The van der Waals surface area contributed by atoms with Crippen molar-refractivity contribution in [1.82, 2.24) is 0 Å². The highest BCUT2D eigenvalue weighted by molar-refractivity contribution is 5.51. The molecule has 1 aromatic carbocycles. The van der Waals surface area contributed by atoms with Crippen LogP contribution in [0.25, 0.3) is 0 Å². The number of benzene rings is 1. The standard InChI is InChI=1S/C14H18FNO2/c15-12-3-2-11-4-6-14(17-8-9-18-14)5-1-7-16-13(11)10-12/h2-3,10,16H,1,4-9H2. The molecular formula is C14H18FNO2. The van der Waals surface area contributed by atoms with E-state index in [4.69, 9.17) is 9.47 Å². The minimum atomic E-state index is -0.405. The van der Waals surface area contributed by atoms with Crippen molar-refractivity contribution in [2.24, 2.45) is 0 Å². The molecule has 0 saturated carbocycles. The van der Waals surface area contributed by atoms with Gasteiger partial charge >= 0.3 is 0 Å². The summed E-state index contributed by atoms with van der Waals surface area (Å²) in [6.07, 6.45) is 3.56. The summed E-state index contributed by atoms with van der Waals surface area (Å²) in [5, 5.41) is 3.30. The Morgan fingerprint density at radius 1 is 1.17 bits per heavy atom. The maximum Gasteiger partial charge on any atom is 0.168 e. The number of hydrogen-bond donors (Lipinski definition) is 1. The Labute approximate surface area is 106 Å². The van der Waals surface area contributed by atoms with Crippen molar-refractivity contribution < 1.29 is 13.9 Å². The SMILES string of the molecule is Fc1ccc2c(c1)NCCCC1(CC2)OCCO1. The summed E-state index contributed by atoms with van der Waals surface area (Å²) in [6, 6.07) is 4.94. The summed E-state index contributed by atoms with van der Waals surface area (Å²) in [5.41, 5.74) is 2.04. The van der Waals surface area contributed by atoms with Gasteiger partial charge < -0.3 is 14.8 Å². The monoisotopic (exact) mass is 251 g/mol. The van der Waals surface area contributed by atoms with Crippen LogP contribution in [-0.2, 0) is 15.9 Å². The molecule has 0 bridgehead atoms. The third-order valence-corrected chi connectivity index (χ3v) is 3.71. The Hall–Kier alpha value is -1.13. The van der Waals surface area contributed by atoms with Crippen LogP contribution in [0, 0.1) is 5.82 Å². The fraction of sp³-hybridized carbons (Fsp3) is 0.571. The number of anilines is 1. The quantitative estimate of drug-likeness (QED) is 0.769. The van der Waals surface area contributed by atoms with Gasteiger partial charge in [-0.2, -0.15) is 0 Å². The lowest BCUT2D eigenvalue weighted by Gasteiger charge is -2.26. The number of aryl methyl sites for hydroxylation is 1. The molecule has 2 aliphatic heterocycles. The first-order valence-electron chi connectivity index (χ1n) is 6.58. The number of rotatable bonds is 0. The van der Waals surface area contributed by atoms with Crippen molar-refractivity contribution in [3.8, 4) is 0 Å².